The average molecular weight is 805 g/mol. The minimum atomic E-state index is -0.181. The van der Waals surface area contributed by atoms with E-state index in [2.05, 4.69) is 259 Å². The van der Waals surface area contributed by atoms with Crippen molar-refractivity contribution < 1.29 is 0 Å². The third kappa shape index (κ3) is 6.17. The maximum atomic E-state index is 2.51. The van der Waals surface area contributed by atoms with Gasteiger partial charge in [-0.15, -0.1) is 0 Å². The molecule has 0 N–H and O–H groups in total. The minimum Gasteiger partial charge on any atom is -0.331 e. The molecule has 0 bridgehead atoms. The Labute approximate surface area is 369 Å². The molecule has 12 rings (SSSR count). The van der Waals surface area contributed by atoms with Gasteiger partial charge in [-0.3, -0.25) is 0 Å². The first-order valence-corrected chi connectivity index (χ1v) is 22.0. The molecular weight excluding hydrogens is 761 g/mol. The van der Waals surface area contributed by atoms with Gasteiger partial charge in [-0.25, -0.2) is 0 Å². The van der Waals surface area contributed by atoms with Crippen LogP contribution in [0.3, 0.4) is 0 Å². The van der Waals surface area contributed by atoms with E-state index >= 15 is 0 Å². The summed E-state index contributed by atoms with van der Waals surface area (Å²) in [5.74, 6) is 0.248. The van der Waals surface area contributed by atoms with Crippen molar-refractivity contribution in [2.24, 2.45) is 0 Å². The summed E-state index contributed by atoms with van der Waals surface area (Å²) in [6, 6.07) is 80.2. The fourth-order valence-corrected chi connectivity index (χ4v) is 10.4. The lowest BCUT2D eigenvalue weighted by molar-refractivity contribution is 0.542. The van der Waals surface area contributed by atoms with Crippen molar-refractivity contribution in [3.63, 3.8) is 0 Å². The number of rotatable bonds is 7. The van der Waals surface area contributed by atoms with Gasteiger partial charge in [-0.05, 0) is 139 Å². The SMILES string of the molecule is CC12C=CC=CC1c1cc(-c3ccc(N(c4ccc(-c5cccc6c5ccc5ccccc56)cc4)c4cccc(-c5cccc6ccccc56)c4)cc3)ccc1N2c1ccccc1. The molecule has 0 radical (unpaired) electrons. The number of anilines is 5. The molecule has 2 nitrogen and oxygen atoms in total. The van der Waals surface area contributed by atoms with Crippen LogP contribution in [0, 0.1) is 0 Å². The zero-order valence-corrected chi connectivity index (χ0v) is 35.1. The molecule has 0 saturated carbocycles. The van der Waals surface area contributed by atoms with Gasteiger partial charge in [0.1, 0.15) is 0 Å². The van der Waals surface area contributed by atoms with Crippen molar-refractivity contribution in [3.8, 4) is 33.4 Å². The lowest BCUT2D eigenvalue weighted by Crippen LogP contribution is -2.41. The zero-order chi connectivity index (χ0) is 41.9. The number of fused-ring (bicyclic) bond motifs is 7. The topological polar surface area (TPSA) is 6.48 Å². The summed E-state index contributed by atoms with van der Waals surface area (Å²) in [6.07, 6.45) is 9.12. The number of benzene rings is 10. The fraction of sp³-hybridized carbons (Fsp3) is 0.0492. The molecule has 10 aromatic rings. The van der Waals surface area contributed by atoms with Gasteiger partial charge in [0.25, 0.3) is 0 Å². The quantitative estimate of drug-likeness (QED) is 0.148. The van der Waals surface area contributed by atoms with Crippen LogP contribution in [0.2, 0.25) is 0 Å². The molecule has 63 heavy (non-hydrogen) atoms. The molecule has 0 aromatic heterocycles. The first-order chi connectivity index (χ1) is 31.1. The summed E-state index contributed by atoms with van der Waals surface area (Å²) in [4.78, 5) is 4.90. The smallest absolute Gasteiger partial charge is 0.0712 e. The molecule has 2 aliphatic rings. The predicted molar refractivity (Wildman–Crippen MR) is 268 cm³/mol. The van der Waals surface area contributed by atoms with Crippen molar-refractivity contribution in [1.82, 2.24) is 0 Å². The van der Waals surface area contributed by atoms with E-state index in [0.29, 0.717) is 0 Å². The first kappa shape index (κ1) is 36.9. The van der Waals surface area contributed by atoms with Gasteiger partial charge < -0.3 is 9.80 Å². The molecule has 0 spiro atoms. The van der Waals surface area contributed by atoms with Crippen molar-refractivity contribution in [3.05, 3.63) is 248 Å². The fourth-order valence-electron chi connectivity index (χ4n) is 10.4. The Morgan fingerprint density at radius 3 is 1.83 bits per heavy atom. The van der Waals surface area contributed by atoms with E-state index in [0.717, 1.165) is 17.1 Å². The second-order valence-corrected chi connectivity index (χ2v) is 17.1. The van der Waals surface area contributed by atoms with Gasteiger partial charge in [0.05, 0.1) is 5.54 Å². The summed E-state index contributed by atoms with van der Waals surface area (Å²) < 4.78 is 0. The van der Waals surface area contributed by atoms with E-state index in [4.69, 9.17) is 0 Å². The van der Waals surface area contributed by atoms with E-state index in [1.54, 1.807) is 0 Å². The molecule has 2 unspecified atom stereocenters. The Morgan fingerprint density at radius 2 is 1.03 bits per heavy atom. The monoisotopic (exact) mass is 804 g/mol. The van der Waals surface area contributed by atoms with Gasteiger partial charge in [-0.1, -0.05) is 182 Å². The lowest BCUT2D eigenvalue weighted by atomic mass is 9.80. The van der Waals surface area contributed by atoms with Crippen molar-refractivity contribution in [2.45, 2.75) is 18.4 Å². The van der Waals surface area contributed by atoms with E-state index in [9.17, 15) is 0 Å². The van der Waals surface area contributed by atoms with Crippen molar-refractivity contribution in [2.75, 3.05) is 9.80 Å². The first-order valence-electron chi connectivity index (χ1n) is 22.0. The zero-order valence-electron chi connectivity index (χ0n) is 35.1. The molecular formula is C61H44N2. The van der Waals surface area contributed by atoms with E-state index in [1.165, 1.54) is 82.6 Å². The van der Waals surface area contributed by atoms with Crippen LogP contribution in [0.15, 0.2) is 243 Å². The third-order valence-corrected chi connectivity index (χ3v) is 13.5. The van der Waals surface area contributed by atoms with Crippen LogP contribution in [0.25, 0.3) is 65.7 Å². The number of hydrogen-bond acceptors (Lipinski definition) is 2. The summed E-state index contributed by atoms with van der Waals surface area (Å²) in [6.45, 7) is 2.36. The molecule has 1 aliphatic carbocycles. The van der Waals surface area contributed by atoms with Crippen LogP contribution >= 0.6 is 0 Å². The Kier molecular flexibility index (Phi) is 8.72. The van der Waals surface area contributed by atoms with Crippen LogP contribution in [0.5, 0.6) is 0 Å². The molecule has 1 aliphatic heterocycles. The molecule has 0 saturated heterocycles. The largest absolute Gasteiger partial charge is 0.331 e. The summed E-state index contributed by atoms with van der Waals surface area (Å²) >= 11 is 0. The highest BCUT2D eigenvalue weighted by Gasteiger charge is 2.47. The summed E-state index contributed by atoms with van der Waals surface area (Å²) in [5.41, 5.74) is 14.2. The number of allylic oxidation sites excluding steroid dienone is 2. The summed E-state index contributed by atoms with van der Waals surface area (Å²) in [5, 5.41) is 7.58. The van der Waals surface area contributed by atoms with E-state index < -0.39 is 0 Å². The standard InChI is InChI=1S/C61H44N2/c1-61-39-10-9-26-59(61)58-41-46(32-38-60(58)63(61)50-18-3-2-4-19-50)42-27-33-48(34-28-42)62(51-20-11-17-47(40-51)55-23-12-16-43-14-5-7-21-52(43)55)49-35-29-45(30-36-49)54-24-13-25-56-53-22-8-6-15-44(53)31-37-57(54)56/h2-41,59H,1H3. The molecule has 298 valence electrons. The Hall–Kier alpha value is -7.94. The highest BCUT2D eigenvalue weighted by atomic mass is 15.2. The Morgan fingerprint density at radius 1 is 0.413 bits per heavy atom. The van der Waals surface area contributed by atoms with Gasteiger partial charge in [0.15, 0.2) is 0 Å². The van der Waals surface area contributed by atoms with Crippen LogP contribution < -0.4 is 9.80 Å². The third-order valence-electron chi connectivity index (χ3n) is 13.5. The second-order valence-electron chi connectivity index (χ2n) is 17.1. The lowest BCUT2D eigenvalue weighted by Gasteiger charge is -2.39. The number of para-hydroxylation sites is 1. The Bertz CT molecular complexity index is 3410. The molecule has 2 heteroatoms. The van der Waals surface area contributed by atoms with Crippen molar-refractivity contribution in [1.29, 1.82) is 0 Å². The second kappa shape index (κ2) is 14.9. The molecule has 0 amide bonds. The van der Waals surface area contributed by atoms with Crippen molar-refractivity contribution >= 4 is 60.8 Å². The maximum Gasteiger partial charge on any atom is 0.0712 e. The molecule has 2 atom stereocenters. The highest BCUT2D eigenvalue weighted by molar-refractivity contribution is 6.12. The number of hydrogen-bond donors (Lipinski definition) is 0. The average Bonchev–Trinajstić information content (AvgIpc) is 3.62. The van der Waals surface area contributed by atoms with E-state index in [-0.39, 0.29) is 11.5 Å². The maximum absolute atomic E-state index is 2.51. The van der Waals surface area contributed by atoms with Gasteiger partial charge in [0, 0.05) is 34.4 Å². The van der Waals surface area contributed by atoms with Gasteiger partial charge >= 0.3 is 0 Å². The minimum absolute atomic E-state index is 0.181. The molecule has 1 heterocycles. The highest BCUT2D eigenvalue weighted by Crippen LogP contribution is 2.54. The van der Waals surface area contributed by atoms with Gasteiger partial charge in [0.2, 0.25) is 0 Å². The predicted octanol–water partition coefficient (Wildman–Crippen LogP) is 16.7. The summed E-state index contributed by atoms with van der Waals surface area (Å²) in [7, 11) is 0. The van der Waals surface area contributed by atoms with Crippen LogP contribution in [-0.4, -0.2) is 5.54 Å². The van der Waals surface area contributed by atoms with Gasteiger partial charge in [-0.2, -0.15) is 0 Å². The van der Waals surface area contributed by atoms with Crippen LogP contribution in [0.1, 0.15) is 18.4 Å². The Balaban J connectivity index is 0.945. The van der Waals surface area contributed by atoms with E-state index in [1.807, 2.05) is 0 Å². The van der Waals surface area contributed by atoms with Crippen LogP contribution in [-0.2, 0) is 0 Å². The normalized spacial score (nSPS) is 16.4. The molecule has 0 fully saturated rings. The molecule has 10 aromatic carbocycles. The number of nitrogens with zero attached hydrogens (tertiary/aromatic N) is 2. The van der Waals surface area contributed by atoms with Crippen LogP contribution in [0.4, 0.5) is 28.4 Å².